The number of amides is 2. The van der Waals surface area contributed by atoms with Crippen molar-refractivity contribution in [2.24, 2.45) is 11.4 Å². The Bertz CT molecular complexity index is 1900. The summed E-state index contributed by atoms with van der Waals surface area (Å²) >= 11 is 0. The number of hydrogen-bond acceptors (Lipinski definition) is 9. The number of methoxy groups -OCH3 is 1. The minimum Gasteiger partial charge on any atom is -0.468 e. The summed E-state index contributed by atoms with van der Waals surface area (Å²) in [6.45, 7) is 1.59. The zero-order valence-corrected chi connectivity index (χ0v) is 26.4. The first-order valence-electron chi connectivity index (χ1n) is 14.3. The molecular weight excluding hydrogens is 608 g/mol. The molecule has 3 N–H and O–H groups in total. The van der Waals surface area contributed by atoms with E-state index in [1.54, 1.807) is 67.7 Å². The van der Waals surface area contributed by atoms with Gasteiger partial charge >= 0.3 is 5.97 Å². The molecule has 4 aromatic rings. The second-order valence-corrected chi connectivity index (χ2v) is 12.5. The molecule has 0 radical (unpaired) electrons. The predicted octanol–water partition coefficient (Wildman–Crippen LogP) is 2.96. The van der Waals surface area contributed by atoms with Crippen LogP contribution in [0.15, 0.2) is 88.4 Å². The molecule has 2 heterocycles. The quantitative estimate of drug-likeness (QED) is 0.127. The van der Waals surface area contributed by atoms with Crippen molar-refractivity contribution < 1.29 is 28.4 Å². The van der Waals surface area contributed by atoms with Crippen LogP contribution in [-0.4, -0.2) is 73.9 Å². The van der Waals surface area contributed by atoms with Gasteiger partial charge < -0.3 is 20.5 Å². The number of carbonyl (C=O) groups excluding carboxylic acids is 3. The monoisotopic (exact) mass is 642 g/mol. The van der Waals surface area contributed by atoms with Gasteiger partial charge in [0.05, 0.1) is 34.7 Å². The molecule has 2 atom stereocenters. The summed E-state index contributed by atoms with van der Waals surface area (Å²) in [4.78, 5) is 42.2. The van der Waals surface area contributed by atoms with E-state index in [0.29, 0.717) is 33.8 Å². The molecule has 2 amide bonds. The van der Waals surface area contributed by atoms with Crippen molar-refractivity contribution in [3.05, 3.63) is 107 Å². The highest BCUT2D eigenvalue weighted by Crippen LogP contribution is 2.17. The SMILES string of the molecule is COC(=O)C(CO)NCCCS(=O)(=NC(=O)c1cncc(C#Cc2cccc(NC(=O)c3cc(C)nn3C)c2)c1)c1ccccc1. The number of nitrogens with one attached hydrogen (secondary N) is 2. The first-order chi connectivity index (χ1) is 22.1. The number of rotatable bonds is 11. The Labute approximate surface area is 267 Å². The highest BCUT2D eigenvalue weighted by Gasteiger charge is 2.20. The number of aliphatic hydroxyl groups excluding tert-OH is 1. The fourth-order valence-electron chi connectivity index (χ4n) is 4.41. The molecule has 0 bridgehead atoms. The molecule has 0 spiro atoms. The number of carbonyl (C=O) groups is 3. The number of pyridine rings is 1. The van der Waals surface area contributed by atoms with Crippen LogP contribution in [0, 0.1) is 18.8 Å². The van der Waals surface area contributed by atoms with E-state index in [1.807, 2.05) is 6.92 Å². The number of hydrogen-bond donors (Lipinski definition) is 3. The molecule has 46 heavy (non-hydrogen) atoms. The van der Waals surface area contributed by atoms with Crippen molar-refractivity contribution in [3.8, 4) is 11.8 Å². The van der Waals surface area contributed by atoms with Gasteiger partial charge in [0.2, 0.25) is 0 Å². The maximum atomic E-state index is 14.0. The van der Waals surface area contributed by atoms with E-state index >= 15 is 0 Å². The molecule has 0 aliphatic carbocycles. The van der Waals surface area contributed by atoms with Crippen molar-refractivity contribution in [1.29, 1.82) is 0 Å². The van der Waals surface area contributed by atoms with E-state index in [9.17, 15) is 23.7 Å². The minimum atomic E-state index is -3.20. The lowest BCUT2D eigenvalue weighted by molar-refractivity contribution is -0.144. The van der Waals surface area contributed by atoms with Gasteiger partial charge in [-0.3, -0.25) is 24.0 Å². The number of benzene rings is 2. The number of aliphatic hydroxyl groups is 1. The van der Waals surface area contributed by atoms with Crippen LogP contribution in [-0.2, 0) is 26.3 Å². The van der Waals surface area contributed by atoms with Crippen molar-refractivity contribution in [2.45, 2.75) is 24.3 Å². The average molecular weight is 643 g/mol. The van der Waals surface area contributed by atoms with E-state index in [-0.39, 0.29) is 23.8 Å². The molecule has 2 aromatic carbocycles. The van der Waals surface area contributed by atoms with E-state index in [2.05, 4.69) is 41.7 Å². The third-order valence-electron chi connectivity index (χ3n) is 6.69. The zero-order chi connectivity index (χ0) is 33.1. The number of aryl methyl sites for hydroxylation is 2. The fourth-order valence-corrected chi connectivity index (χ4v) is 6.33. The molecule has 13 heteroatoms. The number of ether oxygens (including phenoxy) is 1. The van der Waals surface area contributed by atoms with Gasteiger partial charge in [0, 0.05) is 46.9 Å². The van der Waals surface area contributed by atoms with Crippen LogP contribution in [0.3, 0.4) is 0 Å². The summed E-state index contributed by atoms with van der Waals surface area (Å²) in [5.41, 5.74) is 2.89. The van der Waals surface area contributed by atoms with E-state index in [0.717, 1.165) is 5.69 Å². The Hall–Kier alpha value is -5.16. The minimum absolute atomic E-state index is 0.0229. The van der Waals surface area contributed by atoms with Crippen LogP contribution in [0.4, 0.5) is 5.69 Å². The molecule has 0 aliphatic heterocycles. The largest absolute Gasteiger partial charge is 0.468 e. The molecule has 4 rings (SSSR count). The van der Waals surface area contributed by atoms with Gasteiger partial charge in [0.15, 0.2) is 0 Å². The highest BCUT2D eigenvalue weighted by molar-refractivity contribution is 7.94. The summed E-state index contributed by atoms with van der Waals surface area (Å²) in [7, 11) is -0.275. The van der Waals surface area contributed by atoms with Crippen LogP contribution >= 0.6 is 0 Å². The van der Waals surface area contributed by atoms with Crippen molar-refractivity contribution in [2.75, 3.05) is 31.3 Å². The second-order valence-electron chi connectivity index (χ2n) is 10.2. The van der Waals surface area contributed by atoms with E-state index < -0.39 is 34.3 Å². The van der Waals surface area contributed by atoms with Crippen molar-refractivity contribution >= 4 is 33.2 Å². The van der Waals surface area contributed by atoms with Gasteiger partial charge in [-0.2, -0.15) is 9.46 Å². The number of aromatic nitrogens is 3. The summed E-state index contributed by atoms with van der Waals surface area (Å²) in [5.74, 6) is 4.39. The summed E-state index contributed by atoms with van der Waals surface area (Å²) in [6.07, 6.45) is 3.13. The highest BCUT2D eigenvalue weighted by atomic mass is 32.2. The van der Waals surface area contributed by atoms with Gasteiger partial charge in [-0.15, -0.1) is 0 Å². The average Bonchev–Trinajstić information content (AvgIpc) is 3.41. The number of esters is 1. The third-order valence-corrected chi connectivity index (χ3v) is 9.00. The van der Waals surface area contributed by atoms with Gasteiger partial charge in [-0.1, -0.05) is 36.1 Å². The molecule has 238 valence electrons. The first kappa shape index (κ1) is 33.7. The molecule has 0 saturated heterocycles. The molecular formula is C33H34N6O6S. The van der Waals surface area contributed by atoms with Crippen LogP contribution in [0.5, 0.6) is 0 Å². The summed E-state index contributed by atoms with van der Waals surface area (Å²) < 4.78 is 24.4. The first-order valence-corrected chi connectivity index (χ1v) is 16.0. The summed E-state index contributed by atoms with van der Waals surface area (Å²) in [5, 5.41) is 19.3. The molecule has 0 fully saturated rings. The van der Waals surface area contributed by atoms with Crippen LogP contribution < -0.4 is 10.6 Å². The second kappa shape index (κ2) is 15.7. The topological polar surface area (TPSA) is 165 Å². The normalized spacial score (nSPS) is 12.6. The van der Waals surface area contributed by atoms with Gasteiger partial charge in [-0.25, -0.2) is 4.21 Å². The van der Waals surface area contributed by atoms with Crippen molar-refractivity contribution in [3.63, 3.8) is 0 Å². The lowest BCUT2D eigenvalue weighted by Crippen LogP contribution is -2.41. The molecule has 2 aromatic heterocycles. The summed E-state index contributed by atoms with van der Waals surface area (Å²) in [6, 6.07) is 17.8. The molecule has 12 nitrogen and oxygen atoms in total. The molecule has 2 unspecified atom stereocenters. The standard InChI is InChI=1S/C33H34N6O6S/c1-23-17-30(39(2)37-23)32(42)36-27-10-7-9-24(19-27)13-14-25-18-26(21-34-20-25)31(41)38-46(44,28-11-5-4-6-12-28)16-8-15-35-29(22-40)33(43)45-3/h4-7,9-12,17-21,29,35,40H,8,15-16,22H2,1-3H3,(H,36,42). The van der Waals surface area contributed by atoms with Gasteiger partial charge in [0.1, 0.15) is 11.7 Å². The molecule has 0 aliphatic rings. The lowest BCUT2D eigenvalue weighted by atomic mass is 10.1. The van der Waals surface area contributed by atoms with Gasteiger partial charge in [-0.05, 0) is 62.4 Å². The third kappa shape index (κ3) is 8.95. The van der Waals surface area contributed by atoms with Crippen LogP contribution in [0.25, 0.3) is 0 Å². The van der Waals surface area contributed by atoms with E-state index in [4.69, 9.17) is 0 Å². The Balaban J connectivity index is 1.50. The Kier molecular flexibility index (Phi) is 11.5. The Morgan fingerprint density at radius 1 is 1.04 bits per heavy atom. The predicted molar refractivity (Wildman–Crippen MR) is 173 cm³/mol. The zero-order valence-electron chi connectivity index (χ0n) is 25.6. The number of nitrogens with zero attached hydrogens (tertiary/aromatic N) is 4. The maximum Gasteiger partial charge on any atom is 0.325 e. The van der Waals surface area contributed by atoms with E-state index in [1.165, 1.54) is 30.3 Å². The van der Waals surface area contributed by atoms with Gasteiger partial charge in [0.25, 0.3) is 11.8 Å². The van der Waals surface area contributed by atoms with Crippen LogP contribution in [0.2, 0.25) is 0 Å². The Morgan fingerprint density at radius 3 is 2.50 bits per heavy atom. The lowest BCUT2D eigenvalue weighted by Gasteiger charge is -2.15. The van der Waals surface area contributed by atoms with Crippen LogP contribution in [0.1, 0.15) is 44.1 Å². The smallest absolute Gasteiger partial charge is 0.325 e. The Morgan fingerprint density at radius 2 is 1.80 bits per heavy atom. The fraction of sp³-hybridized carbons (Fsp3) is 0.242. The molecule has 0 saturated carbocycles. The maximum absolute atomic E-state index is 14.0. The number of anilines is 1. The van der Waals surface area contributed by atoms with Crippen molar-refractivity contribution in [1.82, 2.24) is 20.1 Å².